The maximum atomic E-state index is 13.7. The molecule has 5 heteroatoms. The van der Waals surface area contributed by atoms with Crippen LogP contribution in [0.2, 0.25) is 0 Å². The van der Waals surface area contributed by atoms with Crippen molar-refractivity contribution in [2.45, 2.75) is 117 Å². The lowest BCUT2D eigenvalue weighted by Crippen LogP contribution is -2.63. The number of ether oxygens (including phenoxy) is 1. The third kappa shape index (κ3) is 5.15. The Kier molecular flexibility index (Phi) is 6.71. The van der Waals surface area contributed by atoms with E-state index < -0.39 is 22.3 Å². The summed E-state index contributed by atoms with van der Waals surface area (Å²) in [4.78, 5) is 15.7. The van der Waals surface area contributed by atoms with Crippen molar-refractivity contribution in [3.8, 4) is 0 Å². The maximum absolute atomic E-state index is 13.7. The number of carbonyl (C=O) groups excluding carboxylic acids is 1. The molecule has 0 saturated carbocycles. The van der Waals surface area contributed by atoms with Crippen molar-refractivity contribution in [2.24, 2.45) is 11.3 Å². The highest BCUT2D eigenvalue weighted by Crippen LogP contribution is 2.51. The Labute approximate surface area is 205 Å². The van der Waals surface area contributed by atoms with Gasteiger partial charge in [0.05, 0.1) is 0 Å². The number of aliphatic hydroxyl groups is 1. The van der Waals surface area contributed by atoms with Gasteiger partial charge in [0.2, 0.25) is 0 Å². The third-order valence-electron chi connectivity index (χ3n) is 7.68. The quantitative estimate of drug-likeness (QED) is 0.488. The van der Waals surface area contributed by atoms with Crippen LogP contribution >= 0.6 is 0 Å². The van der Waals surface area contributed by atoms with E-state index in [0.717, 1.165) is 17.4 Å². The van der Waals surface area contributed by atoms with Gasteiger partial charge in [0.25, 0.3) is 0 Å². The molecule has 1 N–H and O–H groups in total. The Hall–Kier alpha value is -2.01. The summed E-state index contributed by atoms with van der Waals surface area (Å²) < 4.78 is 12.2. The average Bonchev–Trinajstić information content (AvgIpc) is 3.09. The molecule has 2 aromatic rings. The number of amides is 1. The predicted octanol–water partition coefficient (Wildman–Crippen LogP) is 7.65. The van der Waals surface area contributed by atoms with Gasteiger partial charge in [-0.1, -0.05) is 45.9 Å². The van der Waals surface area contributed by atoms with Crippen LogP contribution in [-0.4, -0.2) is 32.8 Å². The molecule has 0 spiro atoms. The van der Waals surface area contributed by atoms with Gasteiger partial charge in [0.1, 0.15) is 22.5 Å². The zero-order valence-electron chi connectivity index (χ0n) is 22.9. The van der Waals surface area contributed by atoms with Crippen molar-refractivity contribution in [3.63, 3.8) is 0 Å². The normalized spacial score (nSPS) is 29.9. The lowest BCUT2D eigenvalue weighted by atomic mass is 9.70. The zero-order chi connectivity index (χ0) is 25.7. The molecule has 190 valence electrons. The Morgan fingerprint density at radius 1 is 1.15 bits per heavy atom. The Balaban J connectivity index is 2.15. The van der Waals surface area contributed by atoms with Crippen molar-refractivity contribution < 1.29 is 19.1 Å². The Morgan fingerprint density at radius 3 is 2.32 bits per heavy atom. The van der Waals surface area contributed by atoms with Gasteiger partial charge in [-0.25, -0.2) is 4.79 Å². The highest BCUT2D eigenvalue weighted by atomic mass is 16.6. The Bertz CT molecular complexity index is 997. The minimum Gasteiger partial charge on any atom is -0.458 e. The lowest BCUT2D eigenvalue weighted by molar-refractivity contribution is -0.0686. The molecule has 0 aliphatic carbocycles. The molecule has 3 rings (SSSR count). The summed E-state index contributed by atoms with van der Waals surface area (Å²) in [6, 6.07) is 9.87. The van der Waals surface area contributed by atoms with Crippen LogP contribution < -0.4 is 0 Å². The molecule has 3 atom stereocenters. The van der Waals surface area contributed by atoms with Gasteiger partial charge >= 0.3 is 6.09 Å². The van der Waals surface area contributed by atoms with Crippen LogP contribution in [0.15, 0.2) is 34.7 Å². The summed E-state index contributed by atoms with van der Waals surface area (Å²) in [7, 11) is 0. The van der Waals surface area contributed by atoms with Crippen molar-refractivity contribution in [3.05, 3.63) is 36.1 Å². The predicted molar refractivity (Wildman–Crippen MR) is 138 cm³/mol. The molecule has 1 fully saturated rings. The first kappa shape index (κ1) is 26.6. The fourth-order valence-electron chi connectivity index (χ4n) is 6.48. The second-order valence-electron chi connectivity index (χ2n) is 13.1. The van der Waals surface area contributed by atoms with Gasteiger partial charge in [-0.2, -0.15) is 0 Å². The number of carbonyl (C=O) groups is 1. The van der Waals surface area contributed by atoms with E-state index in [4.69, 9.17) is 9.15 Å². The summed E-state index contributed by atoms with van der Waals surface area (Å²) >= 11 is 0. The molecule has 1 aliphatic rings. The molecular weight excluding hydrogens is 426 g/mol. The van der Waals surface area contributed by atoms with Crippen LogP contribution in [0.1, 0.15) is 101 Å². The van der Waals surface area contributed by atoms with E-state index in [-0.39, 0.29) is 17.4 Å². The van der Waals surface area contributed by atoms with Crippen LogP contribution in [-0.2, 0) is 10.3 Å². The topological polar surface area (TPSA) is 62.9 Å². The molecule has 1 aliphatic heterocycles. The fraction of sp³-hybridized carbons (Fsp3) is 0.690. The highest BCUT2D eigenvalue weighted by molar-refractivity contribution is 5.78. The van der Waals surface area contributed by atoms with E-state index in [1.165, 1.54) is 0 Å². The van der Waals surface area contributed by atoms with Crippen molar-refractivity contribution in [2.75, 3.05) is 0 Å². The van der Waals surface area contributed by atoms with E-state index in [0.29, 0.717) is 25.0 Å². The first-order valence-corrected chi connectivity index (χ1v) is 12.7. The number of rotatable bonds is 2. The van der Waals surface area contributed by atoms with Gasteiger partial charge < -0.3 is 14.3 Å². The number of nitrogens with zero attached hydrogens (tertiary/aromatic N) is 1. The van der Waals surface area contributed by atoms with Crippen LogP contribution in [0.25, 0.3) is 11.0 Å². The molecule has 1 amide bonds. The van der Waals surface area contributed by atoms with E-state index in [9.17, 15) is 9.90 Å². The second kappa shape index (κ2) is 8.58. The molecule has 5 nitrogen and oxygen atoms in total. The first-order chi connectivity index (χ1) is 15.4. The molecule has 1 aromatic carbocycles. The van der Waals surface area contributed by atoms with Crippen molar-refractivity contribution in [1.82, 2.24) is 4.90 Å². The molecule has 0 bridgehead atoms. The maximum Gasteiger partial charge on any atom is 0.411 e. The second-order valence-corrected chi connectivity index (χ2v) is 13.1. The summed E-state index contributed by atoms with van der Waals surface area (Å²) in [6.07, 6.45) is 2.18. The minimum atomic E-state index is -1.15. The van der Waals surface area contributed by atoms with Crippen molar-refractivity contribution >= 4 is 17.1 Å². The monoisotopic (exact) mass is 471 g/mol. The molecule has 0 radical (unpaired) electrons. The zero-order valence-corrected chi connectivity index (χ0v) is 22.9. The van der Waals surface area contributed by atoms with E-state index >= 15 is 0 Å². The summed E-state index contributed by atoms with van der Waals surface area (Å²) in [5.41, 5.74) is -2.23. The van der Waals surface area contributed by atoms with Crippen LogP contribution in [0.4, 0.5) is 4.79 Å². The fourth-order valence-corrected chi connectivity index (χ4v) is 6.48. The van der Waals surface area contributed by atoms with E-state index in [1.807, 2.05) is 56.0 Å². The van der Waals surface area contributed by atoms with Gasteiger partial charge in [0.15, 0.2) is 0 Å². The first-order valence-electron chi connectivity index (χ1n) is 12.7. The molecule has 34 heavy (non-hydrogen) atoms. The Morgan fingerprint density at radius 2 is 1.76 bits per heavy atom. The summed E-state index contributed by atoms with van der Waals surface area (Å²) in [5.74, 6) is 0.590. The highest BCUT2D eigenvalue weighted by Gasteiger charge is 2.54. The lowest BCUT2D eigenvalue weighted by Gasteiger charge is -2.53. The smallest absolute Gasteiger partial charge is 0.411 e. The van der Waals surface area contributed by atoms with Crippen molar-refractivity contribution in [1.29, 1.82) is 0 Å². The largest absolute Gasteiger partial charge is 0.458 e. The van der Waals surface area contributed by atoms with Crippen LogP contribution in [0, 0.1) is 11.3 Å². The van der Waals surface area contributed by atoms with Gasteiger partial charge in [0, 0.05) is 16.5 Å². The number of hydrogen-bond acceptors (Lipinski definition) is 4. The molecule has 1 aromatic heterocycles. The van der Waals surface area contributed by atoms with Crippen LogP contribution in [0.3, 0.4) is 0 Å². The van der Waals surface area contributed by atoms with E-state index in [1.54, 1.807) is 0 Å². The minimum absolute atomic E-state index is 0.0172. The average molecular weight is 472 g/mol. The third-order valence-corrected chi connectivity index (χ3v) is 7.68. The SMILES string of the molecule is CCC1(C)C(C)CC(O)(c2cc3ccccc3o2)CC(C)(C)CC(C)(C)N1C(=O)OC(C)(C)C. The molecule has 2 heterocycles. The standard InChI is InChI=1S/C29H45NO4/c1-11-28(10)20(2)17-29(32,23-16-21-14-12-13-15-22(21)33-23)19-26(6,7)18-27(8,9)30(28)24(31)34-25(3,4)5/h12-16,20,32H,11,17-19H2,1-10H3. The number of fused-ring (bicyclic) bond motifs is 1. The van der Waals surface area contributed by atoms with Gasteiger partial charge in [-0.3, -0.25) is 4.90 Å². The van der Waals surface area contributed by atoms with E-state index in [2.05, 4.69) is 48.5 Å². The van der Waals surface area contributed by atoms with Gasteiger partial charge in [-0.05, 0) is 90.7 Å². The number of furan rings is 1. The number of hydrogen-bond donors (Lipinski definition) is 1. The number of para-hydroxylation sites is 1. The van der Waals surface area contributed by atoms with Crippen LogP contribution in [0.5, 0.6) is 0 Å². The molecular formula is C29H45NO4. The molecule has 1 saturated heterocycles. The summed E-state index contributed by atoms with van der Waals surface area (Å²) in [6.45, 7) is 20.7. The summed E-state index contributed by atoms with van der Waals surface area (Å²) in [5, 5.41) is 13.3. The number of benzene rings is 1. The molecule has 3 unspecified atom stereocenters. The van der Waals surface area contributed by atoms with Gasteiger partial charge in [-0.15, -0.1) is 0 Å².